The number of rotatable bonds is 5. The number of hydrogen-bond donors (Lipinski definition) is 1. The van der Waals surface area contributed by atoms with E-state index in [1.165, 1.54) is 7.11 Å². The van der Waals surface area contributed by atoms with Gasteiger partial charge in [0.05, 0.1) is 19.9 Å². The quantitative estimate of drug-likeness (QED) is 0.641. The number of nitrogens with one attached hydrogen (secondary N) is 1. The molecule has 27 heavy (non-hydrogen) atoms. The van der Waals surface area contributed by atoms with Gasteiger partial charge in [0.15, 0.2) is 5.76 Å². The van der Waals surface area contributed by atoms with Gasteiger partial charge in [0.25, 0.3) is 0 Å². The van der Waals surface area contributed by atoms with E-state index in [1.54, 1.807) is 7.11 Å². The van der Waals surface area contributed by atoms with Gasteiger partial charge in [-0.3, -0.25) is 4.79 Å². The average Bonchev–Trinajstić information content (AvgIpc) is 3.15. The van der Waals surface area contributed by atoms with E-state index in [1.807, 2.05) is 30.3 Å². The van der Waals surface area contributed by atoms with Crippen molar-refractivity contribution in [3.8, 4) is 17.1 Å². The van der Waals surface area contributed by atoms with Gasteiger partial charge in [-0.2, -0.15) is 0 Å². The van der Waals surface area contributed by atoms with Crippen molar-refractivity contribution in [2.24, 2.45) is 11.3 Å². The van der Waals surface area contributed by atoms with Crippen molar-refractivity contribution >= 4 is 11.9 Å². The second-order valence-corrected chi connectivity index (χ2v) is 7.39. The molecule has 1 amide bonds. The lowest BCUT2D eigenvalue weighted by Gasteiger charge is -2.52. The first-order valence-electron chi connectivity index (χ1n) is 8.84. The zero-order valence-electron chi connectivity index (χ0n) is 15.9. The lowest BCUT2D eigenvalue weighted by atomic mass is 9.57. The van der Waals surface area contributed by atoms with Gasteiger partial charge < -0.3 is 19.3 Å². The highest BCUT2D eigenvalue weighted by Gasteiger charge is 2.49. The number of ether oxygens (including phenoxy) is 2. The van der Waals surface area contributed by atoms with Crippen molar-refractivity contribution in [3.63, 3.8) is 0 Å². The maximum Gasteiger partial charge on any atom is 0.396 e. The van der Waals surface area contributed by atoms with Crippen LogP contribution in [0.25, 0.3) is 11.3 Å². The number of nitrogens with zero attached hydrogens (tertiary/aromatic N) is 1. The standard InChI is InChI=1S/C20H24N2O5/c1-20(2)13(10-17(20)21-18(23)19(24)26-4)9-14-11-16(27-22-14)12-5-7-15(25-3)8-6-12/h5-8,11,13,17H,9-10H2,1-4H3,(H,21,23). The minimum atomic E-state index is -0.866. The molecule has 2 aromatic rings. The third-order valence-corrected chi connectivity index (χ3v) is 5.54. The summed E-state index contributed by atoms with van der Waals surface area (Å²) >= 11 is 0. The van der Waals surface area contributed by atoms with E-state index >= 15 is 0 Å². The molecule has 0 radical (unpaired) electrons. The fraction of sp³-hybridized carbons (Fsp3) is 0.450. The van der Waals surface area contributed by atoms with Gasteiger partial charge in [0.2, 0.25) is 0 Å². The minimum Gasteiger partial charge on any atom is -0.497 e. The highest BCUT2D eigenvalue weighted by molar-refractivity contribution is 6.32. The number of hydrogen-bond acceptors (Lipinski definition) is 6. The van der Waals surface area contributed by atoms with Crippen molar-refractivity contribution in [1.82, 2.24) is 10.5 Å². The Morgan fingerprint density at radius 2 is 1.96 bits per heavy atom. The zero-order chi connectivity index (χ0) is 19.6. The van der Waals surface area contributed by atoms with Crippen molar-refractivity contribution in [1.29, 1.82) is 0 Å². The predicted octanol–water partition coefficient (Wildman–Crippen LogP) is 2.60. The van der Waals surface area contributed by atoms with E-state index in [2.05, 4.69) is 29.1 Å². The largest absolute Gasteiger partial charge is 0.497 e. The lowest BCUT2D eigenvalue weighted by molar-refractivity contribution is -0.154. The molecule has 0 spiro atoms. The molecule has 3 rings (SSSR count). The van der Waals surface area contributed by atoms with Gasteiger partial charge in [0, 0.05) is 17.7 Å². The molecule has 1 aliphatic rings. The van der Waals surface area contributed by atoms with E-state index in [9.17, 15) is 9.59 Å². The third kappa shape index (κ3) is 3.82. The predicted molar refractivity (Wildman–Crippen MR) is 98.0 cm³/mol. The van der Waals surface area contributed by atoms with Gasteiger partial charge >= 0.3 is 11.9 Å². The van der Waals surface area contributed by atoms with Gasteiger partial charge in [-0.25, -0.2) is 4.79 Å². The molecular formula is C20H24N2O5. The Kier molecular flexibility index (Phi) is 5.21. The lowest BCUT2D eigenvalue weighted by Crippen LogP contribution is -2.59. The van der Waals surface area contributed by atoms with Crippen LogP contribution in [0.15, 0.2) is 34.9 Å². The second kappa shape index (κ2) is 7.42. The summed E-state index contributed by atoms with van der Waals surface area (Å²) in [4.78, 5) is 23.0. The maximum absolute atomic E-state index is 11.7. The average molecular weight is 372 g/mol. The van der Waals surface area contributed by atoms with Gasteiger partial charge in [0.1, 0.15) is 5.75 Å². The Balaban J connectivity index is 1.61. The number of carbonyl (C=O) groups excluding carboxylic acids is 2. The van der Waals surface area contributed by atoms with E-state index in [0.717, 1.165) is 29.8 Å². The van der Waals surface area contributed by atoms with Crippen LogP contribution < -0.4 is 10.1 Å². The summed E-state index contributed by atoms with van der Waals surface area (Å²) in [6.45, 7) is 4.15. The number of carbonyl (C=O) groups is 2. The summed E-state index contributed by atoms with van der Waals surface area (Å²) in [5.41, 5.74) is 1.66. The number of aromatic nitrogens is 1. The first kappa shape index (κ1) is 18.9. The molecule has 0 aliphatic heterocycles. The van der Waals surface area contributed by atoms with Crippen LogP contribution in [-0.4, -0.2) is 37.3 Å². The van der Waals surface area contributed by atoms with Crippen molar-refractivity contribution < 1.29 is 23.6 Å². The van der Waals surface area contributed by atoms with Crippen LogP contribution in [0, 0.1) is 11.3 Å². The molecule has 1 heterocycles. The second-order valence-electron chi connectivity index (χ2n) is 7.39. The normalized spacial score (nSPS) is 20.4. The molecule has 1 fully saturated rings. The van der Waals surface area contributed by atoms with Crippen LogP contribution in [0.3, 0.4) is 0 Å². The molecule has 144 valence electrons. The number of methoxy groups -OCH3 is 2. The third-order valence-electron chi connectivity index (χ3n) is 5.54. The summed E-state index contributed by atoms with van der Waals surface area (Å²) in [5, 5.41) is 6.93. The molecule has 7 nitrogen and oxygen atoms in total. The van der Waals surface area contributed by atoms with Crippen LogP contribution in [0.1, 0.15) is 26.0 Å². The Morgan fingerprint density at radius 3 is 2.56 bits per heavy atom. The smallest absolute Gasteiger partial charge is 0.396 e. The Labute approximate surface area is 158 Å². The topological polar surface area (TPSA) is 90.7 Å². The molecule has 1 N–H and O–H groups in total. The Hall–Kier alpha value is -2.83. The van der Waals surface area contributed by atoms with Gasteiger partial charge in [-0.05, 0) is 48.4 Å². The molecule has 0 saturated heterocycles. The highest BCUT2D eigenvalue weighted by atomic mass is 16.5. The molecule has 1 aliphatic carbocycles. The van der Waals surface area contributed by atoms with E-state index in [4.69, 9.17) is 9.26 Å². The molecule has 1 aromatic heterocycles. The number of amides is 1. The number of esters is 1. The van der Waals surface area contributed by atoms with Crippen LogP contribution in [-0.2, 0) is 20.7 Å². The molecule has 2 unspecified atom stereocenters. The van der Waals surface area contributed by atoms with Crippen molar-refractivity contribution in [2.75, 3.05) is 14.2 Å². The van der Waals surface area contributed by atoms with Crippen molar-refractivity contribution in [3.05, 3.63) is 36.0 Å². The van der Waals surface area contributed by atoms with Crippen LogP contribution >= 0.6 is 0 Å². The molecule has 7 heteroatoms. The highest BCUT2D eigenvalue weighted by Crippen LogP contribution is 2.47. The molecule has 2 atom stereocenters. The van der Waals surface area contributed by atoms with Crippen LogP contribution in [0.4, 0.5) is 0 Å². The van der Waals surface area contributed by atoms with E-state index in [0.29, 0.717) is 11.7 Å². The SMILES string of the molecule is COC(=O)C(=O)NC1CC(Cc2cc(-c3ccc(OC)cc3)on2)C1(C)C. The summed E-state index contributed by atoms with van der Waals surface area (Å²) < 4.78 is 15.1. The molecular weight excluding hydrogens is 348 g/mol. The summed E-state index contributed by atoms with van der Waals surface area (Å²) in [6.07, 6.45) is 1.53. The van der Waals surface area contributed by atoms with Gasteiger partial charge in [-0.15, -0.1) is 0 Å². The summed E-state index contributed by atoms with van der Waals surface area (Å²) in [7, 11) is 2.82. The Morgan fingerprint density at radius 1 is 1.26 bits per heavy atom. The molecule has 1 aromatic carbocycles. The maximum atomic E-state index is 11.7. The monoisotopic (exact) mass is 372 g/mol. The number of benzene rings is 1. The Bertz CT molecular complexity index is 825. The van der Waals surface area contributed by atoms with Crippen LogP contribution in [0.5, 0.6) is 5.75 Å². The first-order valence-corrected chi connectivity index (χ1v) is 8.84. The minimum absolute atomic E-state index is 0.0675. The summed E-state index contributed by atoms with van der Waals surface area (Å²) in [5.74, 6) is 0.261. The van der Waals surface area contributed by atoms with Crippen LogP contribution in [0.2, 0.25) is 0 Å². The van der Waals surface area contributed by atoms with E-state index in [-0.39, 0.29) is 11.5 Å². The summed E-state index contributed by atoms with van der Waals surface area (Å²) in [6, 6.07) is 9.48. The first-order chi connectivity index (χ1) is 12.8. The fourth-order valence-electron chi connectivity index (χ4n) is 3.47. The molecule has 0 bridgehead atoms. The zero-order valence-corrected chi connectivity index (χ0v) is 15.9. The van der Waals surface area contributed by atoms with Gasteiger partial charge in [-0.1, -0.05) is 19.0 Å². The van der Waals surface area contributed by atoms with E-state index < -0.39 is 11.9 Å². The fourth-order valence-corrected chi connectivity index (χ4v) is 3.47. The van der Waals surface area contributed by atoms with Crippen molar-refractivity contribution in [2.45, 2.75) is 32.7 Å². The molecule has 1 saturated carbocycles.